The minimum absolute atomic E-state index is 0.0219. The Bertz CT molecular complexity index is 605. The number of para-hydroxylation sites is 2. The monoisotopic (exact) mass is 332 g/mol. The Balaban J connectivity index is 1.59. The van der Waals surface area contributed by atoms with Gasteiger partial charge in [-0.25, -0.2) is 0 Å². The van der Waals surface area contributed by atoms with Crippen molar-refractivity contribution in [2.75, 3.05) is 11.9 Å². The molecule has 24 heavy (non-hydrogen) atoms. The second-order valence-electron chi connectivity index (χ2n) is 6.54. The van der Waals surface area contributed by atoms with Crippen LogP contribution in [0.4, 0.5) is 5.69 Å². The summed E-state index contributed by atoms with van der Waals surface area (Å²) in [5.41, 5.74) is 0.649. The van der Waals surface area contributed by atoms with E-state index in [2.05, 4.69) is 16.0 Å². The van der Waals surface area contributed by atoms with Gasteiger partial charge in [-0.05, 0) is 31.9 Å². The molecule has 1 saturated carbocycles. The van der Waals surface area contributed by atoms with Crippen LogP contribution in [0.5, 0.6) is 5.75 Å². The van der Waals surface area contributed by atoms with Crippen LogP contribution in [0.2, 0.25) is 0 Å². The van der Waals surface area contributed by atoms with Crippen LogP contribution < -0.4 is 20.7 Å². The number of rotatable bonds is 5. The lowest BCUT2D eigenvalue weighted by Crippen LogP contribution is -3.03. The molecule has 0 aromatic heterocycles. The number of amides is 2. The fourth-order valence-corrected chi connectivity index (χ4v) is 3.66. The SMILES string of the molecule is CCOc1ccccc1NC(=O)C[C@H]1[NH2+][C@H]2CCCC[C@H]2NC1=O. The third-order valence-corrected chi connectivity index (χ3v) is 4.83. The molecule has 2 fully saturated rings. The van der Waals surface area contributed by atoms with Gasteiger partial charge < -0.3 is 20.7 Å². The molecule has 2 aliphatic rings. The summed E-state index contributed by atoms with van der Waals surface area (Å²) in [6.07, 6.45) is 4.71. The van der Waals surface area contributed by atoms with Crippen molar-refractivity contribution in [3.05, 3.63) is 24.3 Å². The molecule has 0 radical (unpaired) electrons. The second-order valence-corrected chi connectivity index (χ2v) is 6.54. The first kappa shape index (κ1) is 16.8. The van der Waals surface area contributed by atoms with E-state index in [1.54, 1.807) is 0 Å². The molecule has 0 bridgehead atoms. The predicted octanol–water partition coefficient (Wildman–Crippen LogP) is 0.787. The first-order valence-electron chi connectivity index (χ1n) is 8.84. The predicted molar refractivity (Wildman–Crippen MR) is 90.8 cm³/mol. The van der Waals surface area contributed by atoms with Crippen molar-refractivity contribution in [2.24, 2.45) is 0 Å². The lowest BCUT2D eigenvalue weighted by atomic mass is 9.87. The van der Waals surface area contributed by atoms with Gasteiger partial charge in [0.05, 0.1) is 24.8 Å². The smallest absolute Gasteiger partial charge is 0.279 e. The van der Waals surface area contributed by atoms with Crippen LogP contribution in [-0.2, 0) is 9.59 Å². The lowest BCUT2D eigenvalue weighted by molar-refractivity contribution is -0.718. The molecule has 130 valence electrons. The van der Waals surface area contributed by atoms with Crippen molar-refractivity contribution in [3.8, 4) is 5.75 Å². The zero-order valence-corrected chi connectivity index (χ0v) is 14.1. The summed E-state index contributed by atoms with van der Waals surface area (Å²) in [6, 6.07) is 7.68. The van der Waals surface area contributed by atoms with Crippen LogP contribution in [0.15, 0.2) is 24.3 Å². The van der Waals surface area contributed by atoms with Crippen LogP contribution in [0.3, 0.4) is 0 Å². The van der Waals surface area contributed by atoms with E-state index in [9.17, 15) is 9.59 Å². The highest BCUT2D eigenvalue weighted by molar-refractivity contribution is 5.96. The van der Waals surface area contributed by atoms with Crippen LogP contribution in [0.1, 0.15) is 39.0 Å². The summed E-state index contributed by atoms with van der Waals surface area (Å²) in [7, 11) is 0. The maximum Gasteiger partial charge on any atom is 0.279 e. The van der Waals surface area contributed by atoms with Gasteiger partial charge in [0.25, 0.3) is 5.91 Å². The van der Waals surface area contributed by atoms with Gasteiger partial charge in [0.1, 0.15) is 11.8 Å². The molecule has 3 atom stereocenters. The molecule has 1 aliphatic carbocycles. The van der Waals surface area contributed by atoms with E-state index in [0.29, 0.717) is 24.1 Å². The summed E-state index contributed by atoms with van der Waals surface area (Å²) >= 11 is 0. The maximum atomic E-state index is 12.4. The Kier molecular flexibility index (Phi) is 5.35. The molecule has 1 aromatic carbocycles. The summed E-state index contributed by atoms with van der Waals surface area (Å²) in [5.74, 6) is 0.469. The topological polar surface area (TPSA) is 84.0 Å². The minimum Gasteiger partial charge on any atom is -0.492 e. The van der Waals surface area contributed by atoms with E-state index in [-0.39, 0.29) is 30.3 Å². The Morgan fingerprint density at radius 3 is 2.96 bits per heavy atom. The number of hydrogen-bond acceptors (Lipinski definition) is 3. The van der Waals surface area contributed by atoms with Crippen LogP contribution in [-0.4, -0.2) is 36.5 Å². The van der Waals surface area contributed by atoms with Gasteiger partial charge in [-0.3, -0.25) is 9.59 Å². The van der Waals surface area contributed by atoms with Crippen LogP contribution in [0.25, 0.3) is 0 Å². The van der Waals surface area contributed by atoms with Crippen molar-refractivity contribution < 1.29 is 19.6 Å². The molecule has 0 unspecified atom stereocenters. The highest BCUT2D eigenvalue weighted by atomic mass is 16.5. The van der Waals surface area contributed by atoms with E-state index in [1.165, 1.54) is 12.8 Å². The molecule has 1 aromatic rings. The van der Waals surface area contributed by atoms with Gasteiger partial charge in [-0.1, -0.05) is 18.6 Å². The van der Waals surface area contributed by atoms with Crippen LogP contribution >= 0.6 is 0 Å². The Morgan fingerprint density at radius 2 is 2.12 bits per heavy atom. The number of anilines is 1. The van der Waals surface area contributed by atoms with Gasteiger partial charge in [0, 0.05) is 6.42 Å². The number of hydrogen-bond donors (Lipinski definition) is 3. The van der Waals surface area contributed by atoms with E-state index in [1.807, 2.05) is 31.2 Å². The maximum absolute atomic E-state index is 12.4. The number of benzene rings is 1. The van der Waals surface area contributed by atoms with E-state index in [4.69, 9.17) is 4.74 Å². The number of piperazine rings is 1. The third-order valence-electron chi connectivity index (χ3n) is 4.83. The molecular weight excluding hydrogens is 306 g/mol. The number of nitrogens with two attached hydrogens (primary N) is 1. The number of carbonyl (C=O) groups excluding carboxylic acids is 2. The Hall–Kier alpha value is -2.08. The summed E-state index contributed by atoms with van der Waals surface area (Å²) in [5, 5.41) is 8.06. The quantitative estimate of drug-likeness (QED) is 0.745. The second kappa shape index (κ2) is 7.66. The average molecular weight is 332 g/mol. The number of nitrogens with one attached hydrogen (secondary N) is 2. The number of fused-ring (bicyclic) bond motifs is 1. The molecule has 2 amide bonds. The standard InChI is InChI=1S/C18H25N3O3/c1-2-24-16-10-6-5-9-14(16)20-17(22)11-15-18(23)21-13-8-4-3-7-12(13)19-15/h5-6,9-10,12-13,15,19H,2-4,7-8,11H2,1H3,(H,20,22)(H,21,23)/p+1/t12-,13+,15+/m0/s1. The minimum atomic E-state index is -0.344. The van der Waals surface area contributed by atoms with Crippen molar-refractivity contribution in [1.82, 2.24) is 5.32 Å². The van der Waals surface area contributed by atoms with Crippen molar-refractivity contribution in [1.29, 1.82) is 0 Å². The summed E-state index contributed by atoms with van der Waals surface area (Å²) in [6.45, 7) is 2.44. The molecule has 1 heterocycles. The highest BCUT2D eigenvalue weighted by Gasteiger charge is 2.40. The van der Waals surface area contributed by atoms with Gasteiger partial charge in [0.15, 0.2) is 6.04 Å². The molecule has 1 aliphatic heterocycles. The normalized spacial score (nSPS) is 26.2. The van der Waals surface area contributed by atoms with E-state index >= 15 is 0 Å². The molecule has 6 heteroatoms. The molecule has 6 nitrogen and oxygen atoms in total. The molecule has 0 spiro atoms. The van der Waals surface area contributed by atoms with E-state index in [0.717, 1.165) is 12.8 Å². The fourth-order valence-electron chi connectivity index (χ4n) is 3.66. The molecule has 1 saturated heterocycles. The first-order valence-corrected chi connectivity index (χ1v) is 8.84. The molecule has 3 rings (SSSR count). The number of ether oxygens (including phenoxy) is 1. The van der Waals surface area contributed by atoms with Crippen molar-refractivity contribution in [3.63, 3.8) is 0 Å². The van der Waals surface area contributed by atoms with Gasteiger partial charge in [0.2, 0.25) is 5.91 Å². The molecular formula is C18H26N3O3+. The Labute approximate surface area is 142 Å². The summed E-state index contributed by atoms with van der Waals surface area (Å²) in [4.78, 5) is 24.6. The first-order chi connectivity index (χ1) is 11.7. The van der Waals surface area contributed by atoms with E-state index < -0.39 is 0 Å². The zero-order chi connectivity index (χ0) is 16.9. The number of carbonyl (C=O) groups is 2. The van der Waals surface area contributed by atoms with Gasteiger partial charge >= 0.3 is 0 Å². The number of quaternary nitrogens is 1. The largest absolute Gasteiger partial charge is 0.492 e. The highest BCUT2D eigenvalue weighted by Crippen LogP contribution is 2.24. The van der Waals surface area contributed by atoms with Gasteiger partial charge in [-0.15, -0.1) is 0 Å². The van der Waals surface area contributed by atoms with Crippen LogP contribution in [0, 0.1) is 0 Å². The van der Waals surface area contributed by atoms with Gasteiger partial charge in [-0.2, -0.15) is 0 Å². The average Bonchev–Trinajstić information content (AvgIpc) is 2.57. The third kappa shape index (κ3) is 3.87. The molecule has 4 N–H and O–H groups in total. The zero-order valence-electron chi connectivity index (χ0n) is 14.1. The van der Waals surface area contributed by atoms with Crippen molar-refractivity contribution in [2.45, 2.75) is 57.2 Å². The summed E-state index contributed by atoms with van der Waals surface area (Å²) < 4.78 is 5.52. The Morgan fingerprint density at radius 1 is 1.33 bits per heavy atom. The fraction of sp³-hybridized carbons (Fsp3) is 0.556. The van der Waals surface area contributed by atoms with Crippen molar-refractivity contribution >= 4 is 17.5 Å². The lowest BCUT2D eigenvalue weighted by Gasteiger charge is -2.37.